The van der Waals surface area contributed by atoms with Gasteiger partial charge >= 0.3 is 5.76 Å². The van der Waals surface area contributed by atoms with Crippen LogP contribution in [-0.4, -0.2) is 29.7 Å². The maximum Gasteiger partial charge on any atom is 0.439 e. The number of fused-ring (bicyclic) bond motifs is 1. The lowest BCUT2D eigenvalue weighted by Gasteiger charge is -2.02. The smallest absolute Gasteiger partial charge is 0.296 e. The Morgan fingerprint density at radius 3 is 2.90 bits per heavy atom. The van der Waals surface area contributed by atoms with E-state index >= 15 is 0 Å². The molecule has 4 rings (SSSR count). The van der Waals surface area contributed by atoms with Gasteiger partial charge in [-0.2, -0.15) is 5.10 Å². The molecular weight excluding hydrogens is 272 g/mol. The standard InChI is InChI=1S/C13H8N6O2/c20-13-17-12(18-21-13)11-6-10(14-7-15-11)8-2-4-19-9(5-8)1-3-16-19/h1-7H,(H,17,18,20). The van der Waals surface area contributed by atoms with Crippen molar-refractivity contribution < 1.29 is 4.52 Å². The van der Waals surface area contributed by atoms with Crippen molar-refractivity contribution in [1.29, 1.82) is 0 Å². The fraction of sp³-hybridized carbons (Fsp3) is 0. The number of nitrogens with zero attached hydrogens (tertiary/aromatic N) is 5. The Morgan fingerprint density at radius 1 is 1.14 bits per heavy atom. The van der Waals surface area contributed by atoms with Crippen molar-refractivity contribution in [3.8, 4) is 22.8 Å². The highest BCUT2D eigenvalue weighted by atomic mass is 16.5. The summed E-state index contributed by atoms with van der Waals surface area (Å²) in [7, 11) is 0. The Labute approximate surface area is 117 Å². The SMILES string of the molecule is O=c1[nH]c(-c2cc(-c3ccn4nccc4c3)ncn2)no1. The van der Waals surface area contributed by atoms with Gasteiger partial charge in [0.1, 0.15) is 12.0 Å². The van der Waals surface area contributed by atoms with Crippen molar-refractivity contribution in [3.63, 3.8) is 0 Å². The average molecular weight is 280 g/mol. The van der Waals surface area contributed by atoms with Gasteiger partial charge in [0.2, 0.25) is 5.82 Å². The van der Waals surface area contributed by atoms with E-state index in [1.807, 2.05) is 24.4 Å². The van der Waals surface area contributed by atoms with E-state index in [-0.39, 0.29) is 5.82 Å². The Morgan fingerprint density at radius 2 is 2.05 bits per heavy atom. The third-order valence-corrected chi connectivity index (χ3v) is 3.05. The Kier molecular flexibility index (Phi) is 2.40. The van der Waals surface area contributed by atoms with Gasteiger partial charge in [0.05, 0.1) is 11.2 Å². The molecule has 0 bridgehead atoms. The second kappa shape index (κ2) is 4.37. The van der Waals surface area contributed by atoms with Crippen LogP contribution in [0.15, 0.2) is 52.3 Å². The first-order valence-corrected chi connectivity index (χ1v) is 6.12. The van der Waals surface area contributed by atoms with Crippen LogP contribution in [0.25, 0.3) is 28.3 Å². The first kappa shape index (κ1) is 11.5. The van der Waals surface area contributed by atoms with Crippen LogP contribution < -0.4 is 5.76 Å². The topological polar surface area (TPSA) is 102 Å². The quantitative estimate of drug-likeness (QED) is 0.590. The van der Waals surface area contributed by atoms with Crippen molar-refractivity contribution in [2.45, 2.75) is 0 Å². The third-order valence-electron chi connectivity index (χ3n) is 3.05. The Hall–Kier alpha value is -3.29. The highest BCUT2D eigenvalue weighted by Gasteiger charge is 2.09. The number of hydrogen-bond acceptors (Lipinski definition) is 6. The molecule has 4 aromatic heterocycles. The third kappa shape index (κ3) is 1.98. The molecule has 0 saturated heterocycles. The van der Waals surface area contributed by atoms with Crippen LogP contribution >= 0.6 is 0 Å². The van der Waals surface area contributed by atoms with E-state index in [1.165, 1.54) is 6.33 Å². The number of pyridine rings is 1. The first-order valence-electron chi connectivity index (χ1n) is 6.12. The summed E-state index contributed by atoms with van der Waals surface area (Å²) in [5, 5.41) is 7.76. The maximum atomic E-state index is 11.0. The van der Waals surface area contributed by atoms with Gasteiger partial charge in [-0.05, 0) is 24.3 Å². The molecule has 0 amide bonds. The number of H-pyrrole nitrogens is 1. The molecule has 0 radical (unpaired) electrons. The molecule has 0 atom stereocenters. The van der Waals surface area contributed by atoms with Gasteiger partial charge in [0, 0.05) is 18.0 Å². The van der Waals surface area contributed by atoms with E-state index in [1.54, 1.807) is 16.8 Å². The summed E-state index contributed by atoms with van der Waals surface area (Å²) in [5.41, 5.74) is 3.08. The molecule has 0 aliphatic carbocycles. The van der Waals surface area contributed by atoms with Crippen molar-refractivity contribution >= 4 is 5.52 Å². The van der Waals surface area contributed by atoms with Crippen LogP contribution in [0.1, 0.15) is 0 Å². The summed E-state index contributed by atoms with van der Waals surface area (Å²) >= 11 is 0. The highest BCUT2D eigenvalue weighted by molar-refractivity contribution is 5.68. The normalized spacial score (nSPS) is 11.0. The molecule has 1 N–H and O–H groups in total. The summed E-state index contributed by atoms with van der Waals surface area (Å²) in [6.07, 6.45) is 4.99. The largest absolute Gasteiger partial charge is 0.439 e. The van der Waals surface area contributed by atoms with Crippen LogP contribution in [0.4, 0.5) is 0 Å². The fourth-order valence-corrected chi connectivity index (χ4v) is 2.07. The zero-order valence-corrected chi connectivity index (χ0v) is 10.6. The molecule has 102 valence electrons. The molecule has 0 aliphatic rings. The molecule has 8 nitrogen and oxygen atoms in total. The monoisotopic (exact) mass is 280 g/mol. The van der Waals surface area contributed by atoms with E-state index in [0.717, 1.165) is 11.1 Å². The number of aromatic nitrogens is 6. The molecule has 4 aromatic rings. The van der Waals surface area contributed by atoms with E-state index in [0.29, 0.717) is 11.4 Å². The zero-order valence-electron chi connectivity index (χ0n) is 10.6. The van der Waals surface area contributed by atoms with Crippen LogP contribution in [0, 0.1) is 0 Å². The highest BCUT2D eigenvalue weighted by Crippen LogP contribution is 2.21. The summed E-state index contributed by atoms with van der Waals surface area (Å²) in [4.78, 5) is 21.8. The lowest BCUT2D eigenvalue weighted by Crippen LogP contribution is -1.96. The summed E-state index contributed by atoms with van der Waals surface area (Å²) < 4.78 is 6.24. The Balaban J connectivity index is 1.83. The lowest BCUT2D eigenvalue weighted by molar-refractivity contribution is 0.387. The molecule has 0 fully saturated rings. The van der Waals surface area contributed by atoms with Crippen molar-refractivity contribution in [3.05, 3.63) is 53.5 Å². The second-order valence-corrected chi connectivity index (χ2v) is 4.35. The number of hydrogen-bond donors (Lipinski definition) is 1. The van der Waals surface area contributed by atoms with E-state index in [2.05, 4.69) is 29.7 Å². The van der Waals surface area contributed by atoms with E-state index < -0.39 is 5.76 Å². The average Bonchev–Trinajstić information content (AvgIpc) is 3.15. The molecule has 0 unspecified atom stereocenters. The second-order valence-electron chi connectivity index (χ2n) is 4.35. The molecule has 8 heteroatoms. The predicted molar refractivity (Wildman–Crippen MR) is 72.3 cm³/mol. The number of rotatable bonds is 2. The van der Waals surface area contributed by atoms with Crippen molar-refractivity contribution in [2.75, 3.05) is 0 Å². The molecule has 21 heavy (non-hydrogen) atoms. The zero-order chi connectivity index (χ0) is 14.2. The van der Waals surface area contributed by atoms with Gasteiger partial charge < -0.3 is 0 Å². The predicted octanol–water partition coefficient (Wildman–Crippen LogP) is 1.13. The number of nitrogens with one attached hydrogen (secondary N) is 1. The van der Waals surface area contributed by atoms with E-state index in [4.69, 9.17) is 0 Å². The molecule has 0 spiro atoms. The molecule has 0 aromatic carbocycles. The lowest BCUT2D eigenvalue weighted by atomic mass is 10.1. The van der Waals surface area contributed by atoms with Crippen LogP contribution in [0.3, 0.4) is 0 Å². The number of aromatic amines is 1. The van der Waals surface area contributed by atoms with Gasteiger partial charge in [-0.3, -0.25) is 9.51 Å². The summed E-state index contributed by atoms with van der Waals surface area (Å²) in [6, 6.07) is 7.50. The van der Waals surface area contributed by atoms with E-state index in [9.17, 15) is 4.79 Å². The summed E-state index contributed by atoms with van der Waals surface area (Å²) in [5.74, 6) is -0.347. The van der Waals surface area contributed by atoms with Crippen LogP contribution in [-0.2, 0) is 0 Å². The van der Waals surface area contributed by atoms with Crippen molar-refractivity contribution in [1.82, 2.24) is 29.7 Å². The molecule has 0 aliphatic heterocycles. The summed E-state index contributed by atoms with van der Waals surface area (Å²) in [6.45, 7) is 0. The fourth-order valence-electron chi connectivity index (χ4n) is 2.07. The van der Waals surface area contributed by atoms with Crippen molar-refractivity contribution in [2.24, 2.45) is 0 Å². The van der Waals surface area contributed by atoms with Gasteiger partial charge in [0.15, 0.2) is 0 Å². The minimum atomic E-state index is -0.620. The van der Waals surface area contributed by atoms with Gasteiger partial charge in [-0.1, -0.05) is 5.16 Å². The molecule has 0 saturated carbocycles. The molecular formula is C13H8N6O2. The Bertz CT molecular complexity index is 983. The van der Waals surface area contributed by atoms with Crippen LogP contribution in [0.5, 0.6) is 0 Å². The maximum absolute atomic E-state index is 11.0. The van der Waals surface area contributed by atoms with Gasteiger partial charge in [0.25, 0.3) is 0 Å². The van der Waals surface area contributed by atoms with Crippen LogP contribution in [0.2, 0.25) is 0 Å². The first-order chi connectivity index (χ1) is 10.3. The minimum absolute atomic E-state index is 0.272. The minimum Gasteiger partial charge on any atom is -0.296 e. The van der Waals surface area contributed by atoms with Gasteiger partial charge in [-0.25, -0.2) is 19.3 Å². The van der Waals surface area contributed by atoms with Gasteiger partial charge in [-0.15, -0.1) is 0 Å². The molecule has 4 heterocycles.